The summed E-state index contributed by atoms with van der Waals surface area (Å²) < 4.78 is 65.2. The number of benzene rings is 1. The lowest BCUT2D eigenvalue weighted by molar-refractivity contribution is -0.185. The van der Waals surface area contributed by atoms with E-state index in [1.54, 1.807) is 30.3 Å². The van der Waals surface area contributed by atoms with Gasteiger partial charge in [0.05, 0.1) is 13.2 Å². The molecule has 0 heterocycles. The van der Waals surface area contributed by atoms with Crippen molar-refractivity contribution < 1.29 is 31.3 Å². The molecule has 1 rings (SSSR count). The lowest BCUT2D eigenvalue weighted by Gasteiger charge is -2.23. The van der Waals surface area contributed by atoms with Crippen molar-refractivity contribution in [1.29, 1.82) is 0 Å². The van der Waals surface area contributed by atoms with Gasteiger partial charge in [-0.1, -0.05) is 36.4 Å². The topological polar surface area (TPSA) is 44.8 Å². The number of rotatable bonds is 8. The third-order valence-corrected chi connectivity index (χ3v) is 4.04. The Morgan fingerprint density at radius 1 is 1.14 bits per heavy atom. The molecule has 0 bridgehead atoms. The Bertz CT molecular complexity index is 507. The van der Waals surface area contributed by atoms with E-state index < -0.39 is 20.1 Å². The molecule has 0 saturated heterocycles. The zero-order chi connectivity index (χ0) is 16.6. The van der Waals surface area contributed by atoms with Gasteiger partial charge in [0, 0.05) is 0 Å². The number of phosphoric acid groups is 1. The summed E-state index contributed by atoms with van der Waals surface area (Å²) in [6, 6.07) is 8.39. The number of alkyl halides is 3. The van der Waals surface area contributed by atoms with Crippen LogP contribution in [0.5, 0.6) is 0 Å². The highest BCUT2D eigenvalue weighted by molar-refractivity contribution is 7.48. The van der Waals surface area contributed by atoms with Crippen LogP contribution in [-0.2, 0) is 18.1 Å². The Morgan fingerprint density at radius 2 is 1.68 bits per heavy atom. The molecular weight excluding hydrogens is 320 g/mol. The Kier molecular flexibility index (Phi) is 7.29. The molecule has 0 aliphatic heterocycles. The molecule has 22 heavy (non-hydrogen) atoms. The Labute approximate surface area is 127 Å². The minimum absolute atomic E-state index is 0.0930. The van der Waals surface area contributed by atoms with Crippen LogP contribution in [0.3, 0.4) is 0 Å². The van der Waals surface area contributed by atoms with Crippen molar-refractivity contribution in [3.8, 4) is 0 Å². The van der Waals surface area contributed by atoms with E-state index in [9.17, 15) is 17.7 Å². The smallest absolute Gasteiger partial charge is 0.287 e. The van der Waals surface area contributed by atoms with E-state index in [0.717, 1.165) is 6.08 Å². The van der Waals surface area contributed by atoms with Crippen LogP contribution in [0, 0.1) is 0 Å². The van der Waals surface area contributed by atoms with E-state index in [1.165, 1.54) is 19.9 Å². The van der Waals surface area contributed by atoms with Gasteiger partial charge in [-0.15, -0.1) is 0 Å². The fraction of sp³-hybridized carbons (Fsp3) is 0.429. The fourth-order valence-electron chi connectivity index (χ4n) is 1.52. The average molecular weight is 338 g/mol. The predicted molar refractivity (Wildman–Crippen MR) is 77.3 cm³/mol. The first kappa shape index (κ1) is 18.9. The summed E-state index contributed by atoms with van der Waals surface area (Å²) >= 11 is 0. The van der Waals surface area contributed by atoms with Crippen molar-refractivity contribution in [3.05, 3.63) is 42.0 Å². The molecule has 0 fully saturated rings. The monoisotopic (exact) mass is 338 g/mol. The van der Waals surface area contributed by atoms with Crippen LogP contribution >= 0.6 is 7.82 Å². The first-order chi connectivity index (χ1) is 10.3. The summed E-state index contributed by atoms with van der Waals surface area (Å²) in [5, 5.41) is 0. The molecule has 0 aromatic heterocycles. The minimum Gasteiger partial charge on any atom is -0.287 e. The highest BCUT2D eigenvalue weighted by Crippen LogP contribution is 2.52. The van der Waals surface area contributed by atoms with Gasteiger partial charge in [-0.25, -0.2) is 4.57 Å². The number of hydrogen-bond donors (Lipinski definition) is 0. The molecule has 0 spiro atoms. The van der Waals surface area contributed by atoms with Gasteiger partial charge in [-0.2, -0.15) is 13.2 Å². The van der Waals surface area contributed by atoms with Gasteiger partial charge in [0.15, 0.2) is 6.10 Å². The van der Waals surface area contributed by atoms with Crippen LogP contribution in [0.25, 0.3) is 6.08 Å². The zero-order valence-corrected chi connectivity index (χ0v) is 13.1. The van der Waals surface area contributed by atoms with Gasteiger partial charge in [-0.05, 0) is 25.5 Å². The third-order valence-electron chi connectivity index (χ3n) is 2.40. The number of halogens is 3. The van der Waals surface area contributed by atoms with E-state index in [0.29, 0.717) is 5.56 Å². The van der Waals surface area contributed by atoms with Crippen molar-refractivity contribution in [1.82, 2.24) is 0 Å². The van der Waals surface area contributed by atoms with Crippen molar-refractivity contribution in [3.63, 3.8) is 0 Å². The fourth-order valence-corrected chi connectivity index (χ4v) is 2.82. The van der Waals surface area contributed by atoms with Crippen LogP contribution in [0.1, 0.15) is 19.4 Å². The highest BCUT2D eigenvalue weighted by Gasteiger charge is 2.44. The predicted octanol–water partition coefficient (Wildman–Crippen LogP) is 4.83. The second-order valence-electron chi connectivity index (χ2n) is 4.12. The molecule has 8 heteroatoms. The normalized spacial score (nSPS) is 14.4. The maximum Gasteiger partial charge on any atom is 0.475 e. The van der Waals surface area contributed by atoms with Gasteiger partial charge >= 0.3 is 14.0 Å². The maximum atomic E-state index is 13.0. The maximum absolute atomic E-state index is 13.0. The van der Waals surface area contributed by atoms with Gasteiger partial charge in [-0.3, -0.25) is 13.6 Å². The third kappa shape index (κ3) is 6.32. The Hall–Kier alpha value is -1.14. The number of hydrogen-bond acceptors (Lipinski definition) is 4. The van der Waals surface area contributed by atoms with E-state index in [4.69, 9.17) is 9.05 Å². The van der Waals surface area contributed by atoms with Crippen molar-refractivity contribution in [2.75, 3.05) is 13.2 Å². The number of phosphoric ester groups is 1. The van der Waals surface area contributed by atoms with Crippen molar-refractivity contribution in [2.45, 2.75) is 26.1 Å². The molecule has 124 valence electrons. The second-order valence-corrected chi connectivity index (χ2v) is 5.74. The summed E-state index contributed by atoms with van der Waals surface area (Å²) in [6.45, 7) is 2.78. The van der Waals surface area contributed by atoms with Crippen LogP contribution in [0.15, 0.2) is 36.4 Å². The van der Waals surface area contributed by atoms with E-state index in [1.807, 2.05) is 0 Å². The van der Waals surface area contributed by atoms with Crippen LogP contribution in [0.4, 0.5) is 13.2 Å². The summed E-state index contributed by atoms with van der Waals surface area (Å²) in [4.78, 5) is 0. The summed E-state index contributed by atoms with van der Waals surface area (Å²) in [7, 11) is -4.26. The van der Waals surface area contributed by atoms with Gasteiger partial charge in [0.25, 0.3) is 0 Å². The Balaban J connectivity index is 2.94. The SMILES string of the molecule is CCOP(=O)(OCC)OC(/C=C/c1ccccc1)C(F)(F)F. The summed E-state index contributed by atoms with van der Waals surface area (Å²) in [5.41, 5.74) is 0.558. The van der Waals surface area contributed by atoms with E-state index in [2.05, 4.69) is 4.52 Å². The molecule has 0 aliphatic rings. The molecule has 1 aromatic rings. The molecule has 0 saturated carbocycles. The van der Waals surface area contributed by atoms with E-state index in [-0.39, 0.29) is 13.2 Å². The molecule has 0 aliphatic carbocycles. The second kappa shape index (κ2) is 8.48. The molecule has 1 unspecified atom stereocenters. The lowest BCUT2D eigenvalue weighted by atomic mass is 10.2. The standard InChI is InChI=1S/C14H18F3O4P/c1-3-19-22(18,20-4-2)21-13(14(15,16)17)11-10-12-8-6-5-7-9-12/h5-11,13H,3-4H2,1-2H3/b11-10+. The van der Waals surface area contributed by atoms with Gasteiger partial charge in [0.2, 0.25) is 0 Å². The van der Waals surface area contributed by atoms with Crippen LogP contribution in [0.2, 0.25) is 0 Å². The zero-order valence-electron chi connectivity index (χ0n) is 12.2. The Morgan fingerprint density at radius 3 is 2.14 bits per heavy atom. The molecule has 0 amide bonds. The first-order valence-corrected chi connectivity index (χ1v) is 8.14. The molecule has 1 aromatic carbocycles. The van der Waals surface area contributed by atoms with Crippen molar-refractivity contribution in [2.24, 2.45) is 0 Å². The molecule has 1 atom stereocenters. The quantitative estimate of drug-likeness (QED) is 0.637. The first-order valence-electron chi connectivity index (χ1n) is 6.68. The van der Waals surface area contributed by atoms with Gasteiger partial charge < -0.3 is 0 Å². The largest absolute Gasteiger partial charge is 0.475 e. The van der Waals surface area contributed by atoms with Gasteiger partial charge in [0.1, 0.15) is 0 Å². The molecule has 0 radical (unpaired) electrons. The molecule has 4 nitrogen and oxygen atoms in total. The highest BCUT2D eigenvalue weighted by atomic mass is 31.2. The molecular formula is C14H18F3O4P. The minimum atomic E-state index is -4.74. The van der Waals surface area contributed by atoms with Crippen LogP contribution < -0.4 is 0 Å². The lowest BCUT2D eigenvalue weighted by Crippen LogP contribution is -2.29. The summed E-state index contributed by atoms with van der Waals surface area (Å²) in [5.74, 6) is 0. The average Bonchev–Trinajstić information content (AvgIpc) is 2.44. The van der Waals surface area contributed by atoms with Crippen LogP contribution in [-0.4, -0.2) is 25.5 Å². The summed E-state index contributed by atoms with van der Waals surface area (Å²) in [6.07, 6.45) is -5.12. The molecule has 0 N–H and O–H groups in total. The van der Waals surface area contributed by atoms with E-state index >= 15 is 0 Å². The van der Waals surface area contributed by atoms with Crippen molar-refractivity contribution >= 4 is 13.9 Å².